The predicted octanol–water partition coefficient (Wildman–Crippen LogP) is 3.03. The van der Waals surface area contributed by atoms with Crippen LogP contribution < -0.4 is 10.6 Å². The minimum Gasteiger partial charge on any atom is -0.497 e. The molecule has 8 nitrogen and oxygen atoms in total. The summed E-state index contributed by atoms with van der Waals surface area (Å²) in [5.74, 6) is 8.96. The van der Waals surface area contributed by atoms with Gasteiger partial charge in [0.1, 0.15) is 5.75 Å². The summed E-state index contributed by atoms with van der Waals surface area (Å²) in [6.07, 6.45) is 0. The number of thioether (sulfide) groups is 1. The standard InChI is InChI=1S/C16H20N6O2S/c1-9(2)13-18-15(24-21-13)10(3)25-16-20-19-14(22(16)17)11-5-7-12(23-4)8-6-11/h5-10H,17H2,1-4H3. The second-order valence-electron chi connectivity index (χ2n) is 5.81. The molecule has 1 aromatic carbocycles. The summed E-state index contributed by atoms with van der Waals surface area (Å²) >= 11 is 1.41. The first-order valence-electron chi connectivity index (χ1n) is 7.84. The maximum absolute atomic E-state index is 6.16. The molecule has 3 rings (SSSR count). The van der Waals surface area contributed by atoms with Crippen LogP contribution >= 0.6 is 11.8 Å². The average molecular weight is 360 g/mol. The molecule has 0 saturated carbocycles. The molecule has 9 heteroatoms. The van der Waals surface area contributed by atoms with E-state index in [0.29, 0.717) is 22.7 Å². The fourth-order valence-corrected chi connectivity index (χ4v) is 2.95. The van der Waals surface area contributed by atoms with E-state index in [2.05, 4.69) is 20.3 Å². The minimum atomic E-state index is -0.0878. The lowest BCUT2D eigenvalue weighted by Gasteiger charge is -2.07. The number of ether oxygens (including phenoxy) is 1. The molecular formula is C16H20N6O2S. The number of methoxy groups -OCH3 is 1. The number of hydrogen-bond acceptors (Lipinski definition) is 8. The lowest BCUT2D eigenvalue weighted by molar-refractivity contribution is 0.373. The third kappa shape index (κ3) is 3.60. The summed E-state index contributed by atoms with van der Waals surface area (Å²) in [4.78, 5) is 4.41. The van der Waals surface area contributed by atoms with Crippen molar-refractivity contribution in [1.82, 2.24) is 25.0 Å². The van der Waals surface area contributed by atoms with Crippen LogP contribution in [0.15, 0.2) is 33.9 Å². The van der Waals surface area contributed by atoms with Crippen molar-refractivity contribution in [1.29, 1.82) is 0 Å². The molecular weight excluding hydrogens is 340 g/mol. The Morgan fingerprint density at radius 3 is 2.48 bits per heavy atom. The van der Waals surface area contributed by atoms with Gasteiger partial charge in [-0.3, -0.25) is 0 Å². The van der Waals surface area contributed by atoms with E-state index in [1.807, 2.05) is 45.0 Å². The zero-order chi connectivity index (χ0) is 18.0. The molecule has 2 heterocycles. The van der Waals surface area contributed by atoms with Crippen molar-refractivity contribution in [2.75, 3.05) is 13.0 Å². The van der Waals surface area contributed by atoms with Gasteiger partial charge in [0, 0.05) is 11.5 Å². The molecule has 0 amide bonds. The molecule has 1 unspecified atom stereocenters. The average Bonchev–Trinajstić information content (AvgIpc) is 3.23. The molecule has 25 heavy (non-hydrogen) atoms. The van der Waals surface area contributed by atoms with Gasteiger partial charge in [0.25, 0.3) is 0 Å². The van der Waals surface area contributed by atoms with Gasteiger partial charge >= 0.3 is 0 Å². The highest BCUT2D eigenvalue weighted by Gasteiger charge is 2.21. The number of benzene rings is 1. The normalized spacial score (nSPS) is 12.5. The molecule has 0 aliphatic heterocycles. The number of aromatic nitrogens is 5. The second kappa shape index (κ2) is 7.14. The monoisotopic (exact) mass is 360 g/mol. The van der Waals surface area contributed by atoms with Gasteiger partial charge in [0.05, 0.1) is 12.4 Å². The van der Waals surface area contributed by atoms with Crippen molar-refractivity contribution >= 4 is 11.8 Å². The van der Waals surface area contributed by atoms with Crippen LogP contribution in [0, 0.1) is 0 Å². The maximum atomic E-state index is 6.16. The van der Waals surface area contributed by atoms with E-state index >= 15 is 0 Å². The number of nitrogens with two attached hydrogens (primary N) is 1. The van der Waals surface area contributed by atoms with E-state index in [1.54, 1.807) is 7.11 Å². The molecule has 3 aromatic rings. The SMILES string of the molecule is COc1ccc(-c2nnc(SC(C)c3nc(C(C)C)no3)n2N)cc1. The summed E-state index contributed by atoms with van der Waals surface area (Å²) in [5, 5.41) is 12.8. The van der Waals surface area contributed by atoms with Crippen LogP contribution in [0.1, 0.15) is 43.7 Å². The van der Waals surface area contributed by atoms with E-state index < -0.39 is 0 Å². The Morgan fingerprint density at radius 2 is 1.88 bits per heavy atom. The Labute approximate surface area is 149 Å². The molecule has 132 valence electrons. The summed E-state index contributed by atoms with van der Waals surface area (Å²) < 4.78 is 11.9. The highest BCUT2D eigenvalue weighted by atomic mass is 32.2. The summed E-state index contributed by atoms with van der Waals surface area (Å²) in [6.45, 7) is 6.00. The molecule has 2 N–H and O–H groups in total. The van der Waals surface area contributed by atoms with Gasteiger partial charge in [-0.1, -0.05) is 30.8 Å². The van der Waals surface area contributed by atoms with Gasteiger partial charge < -0.3 is 15.1 Å². The van der Waals surface area contributed by atoms with Crippen LogP contribution in [0.25, 0.3) is 11.4 Å². The molecule has 0 spiro atoms. The van der Waals surface area contributed by atoms with Crippen molar-refractivity contribution in [2.45, 2.75) is 37.1 Å². The Kier molecular flexibility index (Phi) is 4.93. The molecule has 0 bridgehead atoms. The number of rotatable bonds is 6. The Balaban J connectivity index is 1.78. The van der Waals surface area contributed by atoms with E-state index in [1.165, 1.54) is 16.4 Å². The summed E-state index contributed by atoms with van der Waals surface area (Å²) in [6, 6.07) is 7.48. The number of hydrogen-bond donors (Lipinski definition) is 1. The largest absolute Gasteiger partial charge is 0.497 e. The van der Waals surface area contributed by atoms with Gasteiger partial charge in [-0.15, -0.1) is 10.2 Å². The first-order chi connectivity index (χ1) is 12.0. The number of nitrogens with zero attached hydrogens (tertiary/aromatic N) is 5. The zero-order valence-corrected chi connectivity index (χ0v) is 15.3. The predicted molar refractivity (Wildman–Crippen MR) is 94.8 cm³/mol. The Bertz CT molecular complexity index is 843. The lowest BCUT2D eigenvalue weighted by Crippen LogP contribution is -2.12. The van der Waals surface area contributed by atoms with Crippen molar-refractivity contribution in [2.24, 2.45) is 0 Å². The molecule has 0 radical (unpaired) electrons. The lowest BCUT2D eigenvalue weighted by atomic mass is 10.2. The fourth-order valence-electron chi connectivity index (χ4n) is 2.15. The fraction of sp³-hybridized carbons (Fsp3) is 0.375. The smallest absolute Gasteiger partial charge is 0.239 e. The molecule has 0 aliphatic rings. The first-order valence-corrected chi connectivity index (χ1v) is 8.72. The summed E-state index contributed by atoms with van der Waals surface area (Å²) in [5.41, 5.74) is 0.857. The minimum absolute atomic E-state index is 0.0878. The van der Waals surface area contributed by atoms with Gasteiger partial charge in [0.2, 0.25) is 11.0 Å². The van der Waals surface area contributed by atoms with Crippen LogP contribution in [0.5, 0.6) is 5.75 Å². The van der Waals surface area contributed by atoms with E-state index in [4.69, 9.17) is 15.1 Å². The quantitative estimate of drug-likeness (QED) is 0.528. The van der Waals surface area contributed by atoms with E-state index in [9.17, 15) is 0 Å². The first kappa shape index (κ1) is 17.3. The van der Waals surface area contributed by atoms with Gasteiger partial charge in [-0.2, -0.15) is 4.98 Å². The van der Waals surface area contributed by atoms with Crippen LogP contribution in [-0.4, -0.2) is 32.1 Å². The van der Waals surface area contributed by atoms with Crippen LogP contribution in [0.4, 0.5) is 0 Å². The Hall–Kier alpha value is -2.55. The van der Waals surface area contributed by atoms with Crippen LogP contribution in [-0.2, 0) is 0 Å². The molecule has 2 aromatic heterocycles. The number of nitrogen functional groups attached to an aromatic ring is 1. The van der Waals surface area contributed by atoms with Crippen molar-refractivity contribution in [3.05, 3.63) is 36.0 Å². The van der Waals surface area contributed by atoms with Crippen LogP contribution in [0.3, 0.4) is 0 Å². The zero-order valence-electron chi connectivity index (χ0n) is 14.5. The van der Waals surface area contributed by atoms with Crippen molar-refractivity contribution < 1.29 is 9.26 Å². The van der Waals surface area contributed by atoms with Crippen molar-refractivity contribution in [3.8, 4) is 17.1 Å². The highest BCUT2D eigenvalue weighted by molar-refractivity contribution is 7.99. The molecule has 1 atom stereocenters. The molecule has 0 aliphatic carbocycles. The van der Waals surface area contributed by atoms with Gasteiger partial charge in [0.15, 0.2) is 11.6 Å². The highest BCUT2D eigenvalue weighted by Crippen LogP contribution is 2.34. The topological polar surface area (TPSA) is 105 Å². The summed E-state index contributed by atoms with van der Waals surface area (Å²) in [7, 11) is 1.62. The maximum Gasteiger partial charge on any atom is 0.239 e. The van der Waals surface area contributed by atoms with Crippen LogP contribution in [0.2, 0.25) is 0 Å². The van der Waals surface area contributed by atoms with E-state index in [0.717, 1.165) is 11.3 Å². The van der Waals surface area contributed by atoms with Gasteiger partial charge in [-0.25, -0.2) is 4.68 Å². The third-order valence-corrected chi connectivity index (χ3v) is 4.66. The van der Waals surface area contributed by atoms with E-state index in [-0.39, 0.29) is 11.2 Å². The molecule has 0 saturated heterocycles. The van der Waals surface area contributed by atoms with Gasteiger partial charge in [-0.05, 0) is 31.2 Å². The third-order valence-electron chi connectivity index (χ3n) is 3.62. The Morgan fingerprint density at radius 1 is 1.16 bits per heavy atom. The molecule has 0 fully saturated rings. The second-order valence-corrected chi connectivity index (χ2v) is 7.12. The van der Waals surface area contributed by atoms with Crippen molar-refractivity contribution in [3.63, 3.8) is 0 Å².